The van der Waals surface area contributed by atoms with E-state index in [2.05, 4.69) is 39.8 Å². The Morgan fingerprint density at radius 2 is 1.42 bits per heavy atom. The van der Waals surface area contributed by atoms with Gasteiger partial charge in [-0.1, -0.05) is 111 Å². The van der Waals surface area contributed by atoms with E-state index in [0.717, 1.165) is 24.7 Å². The first-order valence-corrected chi connectivity index (χ1v) is 20.8. The van der Waals surface area contributed by atoms with Crippen molar-refractivity contribution in [1.29, 1.82) is 0 Å². The van der Waals surface area contributed by atoms with Crippen LogP contribution < -0.4 is 16.4 Å². The molecule has 0 spiro atoms. The Morgan fingerprint density at radius 3 is 1.98 bits per heavy atom. The minimum atomic E-state index is -0.961. The predicted molar refractivity (Wildman–Crippen MR) is 238 cm³/mol. The third kappa shape index (κ3) is 13.4. The van der Waals surface area contributed by atoms with E-state index < -0.39 is 41.7 Å². The van der Waals surface area contributed by atoms with Crippen LogP contribution in [0.15, 0.2) is 143 Å². The minimum Gasteiger partial charge on any atom is -0.439 e. The summed E-state index contributed by atoms with van der Waals surface area (Å²) in [5.74, 6) is -2.58. The van der Waals surface area contributed by atoms with E-state index in [-0.39, 0.29) is 46.9 Å². The van der Waals surface area contributed by atoms with Crippen molar-refractivity contribution in [3.63, 3.8) is 0 Å². The average Bonchev–Trinajstić information content (AvgIpc) is 3.24. The summed E-state index contributed by atoms with van der Waals surface area (Å²) in [4.78, 5) is 69.5. The van der Waals surface area contributed by atoms with Crippen molar-refractivity contribution < 1.29 is 38.2 Å². The predicted octanol–water partition coefficient (Wildman–Crippen LogP) is 7.42. The van der Waals surface area contributed by atoms with Crippen molar-refractivity contribution in [2.24, 2.45) is 17.6 Å². The molecule has 62 heavy (non-hydrogen) atoms. The van der Waals surface area contributed by atoms with Crippen molar-refractivity contribution in [3.8, 4) is 0 Å². The summed E-state index contributed by atoms with van der Waals surface area (Å²) >= 11 is 0. The van der Waals surface area contributed by atoms with Crippen LogP contribution in [-0.4, -0.2) is 66.9 Å². The third-order valence-electron chi connectivity index (χ3n) is 11.0. The number of benzene rings is 3. The monoisotopic (exact) mass is 842 g/mol. The van der Waals surface area contributed by atoms with Crippen LogP contribution in [0.3, 0.4) is 0 Å². The molecule has 0 saturated heterocycles. The number of fused-ring (bicyclic) bond motifs is 2. The van der Waals surface area contributed by atoms with Crippen molar-refractivity contribution in [3.05, 3.63) is 166 Å². The lowest BCUT2D eigenvalue weighted by molar-refractivity contribution is -0.120. The molecule has 1 aliphatic carbocycles. The number of hydrogen-bond acceptors (Lipinski definition) is 9. The average molecular weight is 843 g/mol. The van der Waals surface area contributed by atoms with E-state index in [0.29, 0.717) is 30.5 Å². The minimum absolute atomic E-state index is 0.0395. The highest BCUT2D eigenvalue weighted by Gasteiger charge is 2.33. The fraction of sp³-hybridized carbons (Fsp3) is 0.340. The van der Waals surface area contributed by atoms with Gasteiger partial charge < -0.3 is 30.6 Å². The number of nitrogens with zero attached hydrogens (tertiary/aromatic N) is 1. The summed E-state index contributed by atoms with van der Waals surface area (Å²) < 4.78 is 17.0. The lowest BCUT2D eigenvalue weighted by Gasteiger charge is -2.26. The maximum atomic E-state index is 14.2. The molecule has 0 unspecified atom stereocenters. The standard InChI is InChI=1S/C50H58N4O8/c1-32-24-35(4)47(62-50(51)59)44(61-6)19-13-14-34(3)48(57)52-42-28-43(55)45(41(46(42)56)27-33(2)26-40(25-32)60-5)53-49(58)39-22-20-38(21-23-39)31-54(29-36-15-9-7-10-16-36)30-37-17-11-8-12-18-37/h7-24,28,32-33,40,44,47H,25-27,29-31H2,1-6H3,(H2,51,59)(H,52,57)(H,53,58)/b19-13-,34-14+,35-24+/t32-,33-,40+,44-,47-/m0/s1. The number of rotatable bonds is 11. The van der Waals surface area contributed by atoms with Gasteiger partial charge in [-0.3, -0.25) is 24.1 Å². The third-order valence-corrected chi connectivity index (χ3v) is 11.0. The highest BCUT2D eigenvalue weighted by molar-refractivity contribution is 6.24. The van der Waals surface area contributed by atoms with Crippen molar-refractivity contribution in [2.45, 2.75) is 84.9 Å². The molecule has 1 aliphatic heterocycles. The van der Waals surface area contributed by atoms with Gasteiger partial charge in [0.25, 0.3) is 11.8 Å². The molecule has 0 fully saturated rings. The lowest BCUT2D eigenvalue weighted by Crippen LogP contribution is -2.37. The molecule has 0 saturated carbocycles. The van der Waals surface area contributed by atoms with E-state index in [4.69, 9.17) is 19.9 Å². The zero-order valence-electron chi connectivity index (χ0n) is 36.4. The van der Waals surface area contributed by atoms with Gasteiger partial charge in [0.1, 0.15) is 6.10 Å². The normalized spacial score (nSPS) is 24.0. The smallest absolute Gasteiger partial charge is 0.405 e. The fourth-order valence-electron chi connectivity index (χ4n) is 7.82. The summed E-state index contributed by atoms with van der Waals surface area (Å²) in [6.07, 6.45) is 6.15. The number of hydrogen-bond donors (Lipinski definition) is 3. The SMILES string of the molecule is CO[C@H]1C[C@H](C)CC2=C(NC(=O)c3ccc(CN(Cc4ccccc4)Cc4ccccc4)cc3)C(=O)C=C(NC(=O)/C(C)=C/C=C\[C@H](OC)[C@@H](OC(N)=O)/C(C)=C/[C@H](C)C1)C2=O. The summed E-state index contributed by atoms with van der Waals surface area (Å²) in [5, 5.41) is 5.37. The molecule has 3 amide bonds. The number of carbonyl (C=O) groups excluding carboxylic acids is 5. The Balaban J connectivity index is 1.40. The Morgan fingerprint density at radius 1 is 0.823 bits per heavy atom. The number of nitrogens with one attached hydrogen (secondary N) is 2. The molecular weight excluding hydrogens is 785 g/mol. The van der Waals surface area contributed by atoms with Gasteiger partial charge in [-0.05, 0) is 79.3 Å². The molecule has 326 valence electrons. The van der Waals surface area contributed by atoms with Crippen molar-refractivity contribution in [1.82, 2.24) is 15.5 Å². The number of nitrogens with two attached hydrogens (primary N) is 1. The van der Waals surface area contributed by atoms with Crippen LogP contribution in [0.4, 0.5) is 4.79 Å². The second-order valence-corrected chi connectivity index (χ2v) is 16.1. The second kappa shape index (κ2) is 22.6. The van der Waals surface area contributed by atoms with Gasteiger partial charge in [0.15, 0.2) is 6.10 Å². The van der Waals surface area contributed by atoms with E-state index in [9.17, 15) is 24.0 Å². The largest absolute Gasteiger partial charge is 0.439 e. The number of allylic oxidation sites excluding steroid dienone is 5. The zero-order chi connectivity index (χ0) is 44.8. The maximum Gasteiger partial charge on any atom is 0.405 e. The molecule has 3 aromatic carbocycles. The van der Waals surface area contributed by atoms with Crippen LogP contribution in [0.5, 0.6) is 0 Å². The van der Waals surface area contributed by atoms with Gasteiger partial charge in [0.05, 0.1) is 17.5 Å². The van der Waals surface area contributed by atoms with Crippen LogP contribution in [0, 0.1) is 11.8 Å². The van der Waals surface area contributed by atoms with Crippen LogP contribution in [0.2, 0.25) is 0 Å². The molecule has 5 rings (SSSR count). The van der Waals surface area contributed by atoms with E-state index in [1.54, 1.807) is 38.3 Å². The first-order chi connectivity index (χ1) is 29.7. The molecule has 1 heterocycles. The van der Waals surface area contributed by atoms with Gasteiger partial charge in [0.2, 0.25) is 11.6 Å². The van der Waals surface area contributed by atoms with Crippen LogP contribution >= 0.6 is 0 Å². The summed E-state index contributed by atoms with van der Waals surface area (Å²) in [5.41, 5.74) is 9.83. The molecule has 12 heteroatoms. The number of amides is 3. The molecule has 12 nitrogen and oxygen atoms in total. The molecule has 0 radical (unpaired) electrons. The van der Waals surface area contributed by atoms with E-state index in [1.165, 1.54) is 24.3 Å². The first kappa shape index (κ1) is 46.8. The molecule has 4 N–H and O–H groups in total. The maximum absolute atomic E-state index is 14.2. The second-order valence-electron chi connectivity index (χ2n) is 16.1. The quantitative estimate of drug-likeness (QED) is 0.132. The highest BCUT2D eigenvalue weighted by Crippen LogP contribution is 2.29. The lowest BCUT2D eigenvalue weighted by atomic mass is 9.86. The van der Waals surface area contributed by atoms with Crippen LogP contribution in [0.25, 0.3) is 0 Å². The number of ether oxygens (including phenoxy) is 3. The Kier molecular flexibility index (Phi) is 17.1. The first-order valence-electron chi connectivity index (χ1n) is 20.8. The molecule has 0 aromatic heterocycles. The number of carbonyl (C=O) groups is 5. The molecule has 2 aliphatic rings. The van der Waals surface area contributed by atoms with E-state index in [1.807, 2.05) is 75.4 Å². The van der Waals surface area contributed by atoms with Crippen LogP contribution in [-0.2, 0) is 48.2 Å². The molecule has 3 aromatic rings. The van der Waals surface area contributed by atoms with Gasteiger partial charge >= 0.3 is 6.09 Å². The summed E-state index contributed by atoms with van der Waals surface area (Å²) in [6.45, 7) is 9.43. The molecule has 5 atom stereocenters. The molecular formula is C50H58N4O8. The van der Waals surface area contributed by atoms with Crippen molar-refractivity contribution in [2.75, 3.05) is 14.2 Å². The number of methoxy groups -OCH3 is 2. The fourth-order valence-corrected chi connectivity index (χ4v) is 7.82. The van der Waals surface area contributed by atoms with E-state index >= 15 is 0 Å². The Labute approximate surface area is 364 Å². The Hall–Kier alpha value is -6.21. The van der Waals surface area contributed by atoms with Gasteiger partial charge in [-0.15, -0.1) is 0 Å². The van der Waals surface area contributed by atoms with Crippen molar-refractivity contribution >= 4 is 29.5 Å². The number of primary amides is 1. The number of Topliss-reactive ketones (excluding diaryl/α,β-unsaturated/α-hetero) is 1. The van der Waals surface area contributed by atoms with Gasteiger partial charge in [-0.2, -0.15) is 0 Å². The topological polar surface area (TPSA) is 166 Å². The number of ketones is 2. The highest BCUT2D eigenvalue weighted by atomic mass is 16.6. The van der Waals surface area contributed by atoms with Crippen LogP contribution in [0.1, 0.15) is 74.0 Å². The zero-order valence-corrected chi connectivity index (χ0v) is 36.4. The Bertz CT molecular complexity index is 2190. The van der Waals surface area contributed by atoms with Gasteiger partial charge in [-0.25, -0.2) is 4.79 Å². The summed E-state index contributed by atoms with van der Waals surface area (Å²) in [7, 11) is 3.08. The summed E-state index contributed by atoms with van der Waals surface area (Å²) in [6, 6.07) is 27.7. The molecule has 2 bridgehead atoms. The van der Waals surface area contributed by atoms with Gasteiger partial charge in [0, 0.05) is 56.6 Å².